The highest BCUT2D eigenvalue weighted by Gasteiger charge is 1.94. The maximum atomic E-state index is 3.42. The summed E-state index contributed by atoms with van der Waals surface area (Å²) in [6, 6.07) is 4.24. The normalized spacial score (nSPS) is 10.9. The van der Waals surface area contributed by atoms with E-state index >= 15 is 0 Å². The molecule has 0 aliphatic carbocycles. The summed E-state index contributed by atoms with van der Waals surface area (Å²) < 4.78 is 0. The minimum absolute atomic E-state index is 0.0342. The Kier molecular flexibility index (Phi) is 9.52. The van der Waals surface area contributed by atoms with Crippen LogP contribution in [0.1, 0.15) is 71.1 Å². The van der Waals surface area contributed by atoms with Crippen LogP contribution < -0.4 is 0 Å². The molecular formula is C16H28P. The summed E-state index contributed by atoms with van der Waals surface area (Å²) in [6.45, 7) is 2.29. The molecule has 1 heteroatoms. The lowest BCUT2D eigenvalue weighted by Gasteiger charge is -2.02. The molecule has 0 bridgehead atoms. The molecular weight excluding hydrogens is 223 g/mol. The lowest BCUT2D eigenvalue weighted by molar-refractivity contribution is 0.560. The second-order valence-corrected chi connectivity index (χ2v) is 6.96. The molecule has 0 aliphatic rings. The van der Waals surface area contributed by atoms with Crippen molar-refractivity contribution in [2.75, 3.05) is 0 Å². The molecule has 1 rings (SSSR count). The van der Waals surface area contributed by atoms with Gasteiger partial charge < -0.3 is 0 Å². The van der Waals surface area contributed by atoms with Gasteiger partial charge in [-0.05, 0) is 24.4 Å². The van der Waals surface area contributed by atoms with Crippen molar-refractivity contribution in [2.24, 2.45) is 0 Å². The minimum Gasteiger partial charge on any atom is -0.116 e. The van der Waals surface area contributed by atoms with Crippen LogP contribution in [-0.2, 0) is 6.16 Å². The Labute approximate surface area is 109 Å². The van der Waals surface area contributed by atoms with E-state index in [2.05, 4.69) is 30.7 Å². The van der Waals surface area contributed by atoms with Crippen LogP contribution in [-0.4, -0.2) is 0 Å². The molecule has 0 saturated carbocycles. The van der Waals surface area contributed by atoms with Gasteiger partial charge in [-0.15, -0.1) is 7.53 Å². The quantitative estimate of drug-likeness (QED) is 0.399. The summed E-state index contributed by atoms with van der Waals surface area (Å²) in [7, 11) is 0.0342. The van der Waals surface area contributed by atoms with Crippen LogP contribution in [0.2, 0.25) is 0 Å². The number of hydrogen-bond acceptors (Lipinski definition) is 0. The van der Waals surface area contributed by atoms with Crippen LogP contribution in [0.4, 0.5) is 0 Å². The first-order chi connectivity index (χ1) is 8.43. The third-order valence-electron chi connectivity index (χ3n) is 3.36. The van der Waals surface area contributed by atoms with E-state index in [1.165, 1.54) is 70.4 Å². The van der Waals surface area contributed by atoms with E-state index in [-0.39, 0.29) is 7.53 Å². The summed E-state index contributed by atoms with van der Waals surface area (Å²) in [5.41, 5.74) is 0. The molecule has 0 nitrogen and oxygen atoms in total. The van der Waals surface area contributed by atoms with Gasteiger partial charge in [0, 0.05) is 5.80 Å². The summed E-state index contributed by atoms with van der Waals surface area (Å²) in [5.74, 6) is 5.75. The molecule has 1 unspecified atom stereocenters. The number of hydrogen-bond donors (Lipinski definition) is 0. The van der Waals surface area contributed by atoms with E-state index in [0.717, 1.165) is 0 Å². The van der Waals surface area contributed by atoms with Gasteiger partial charge in [0.15, 0.2) is 0 Å². The molecule has 1 heterocycles. The Bertz CT molecular complexity index is 238. The monoisotopic (exact) mass is 251 g/mol. The van der Waals surface area contributed by atoms with Gasteiger partial charge in [-0.2, -0.15) is 0 Å². The third kappa shape index (κ3) is 8.50. The van der Waals surface area contributed by atoms with Gasteiger partial charge in [0.1, 0.15) is 0 Å². The van der Waals surface area contributed by atoms with Crippen LogP contribution in [0.5, 0.6) is 0 Å². The van der Waals surface area contributed by atoms with Crippen molar-refractivity contribution in [1.29, 1.82) is 0 Å². The van der Waals surface area contributed by atoms with Crippen LogP contribution in [0.25, 0.3) is 0 Å². The molecule has 1 radical (unpaired) electrons. The van der Waals surface area contributed by atoms with E-state index in [0.29, 0.717) is 0 Å². The van der Waals surface area contributed by atoms with E-state index in [9.17, 15) is 0 Å². The number of aryl methyl sites for hydroxylation is 1. The molecule has 0 N–H and O–H groups in total. The molecule has 0 amide bonds. The Morgan fingerprint density at radius 2 is 1.41 bits per heavy atom. The van der Waals surface area contributed by atoms with Crippen molar-refractivity contribution in [3.8, 4) is 0 Å². The van der Waals surface area contributed by atoms with Gasteiger partial charge in [0.05, 0.1) is 0 Å². The van der Waals surface area contributed by atoms with Crippen LogP contribution in [0.3, 0.4) is 0 Å². The smallest absolute Gasteiger partial charge is 0.00512 e. The largest absolute Gasteiger partial charge is 0.116 e. The topological polar surface area (TPSA) is 0 Å². The highest BCUT2D eigenvalue weighted by atomic mass is 31.1. The predicted molar refractivity (Wildman–Crippen MR) is 79.8 cm³/mol. The zero-order valence-electron chi connectivity index (χ0n) is 11.5. The zero-order chi connectivity index (χ0) is 12.2. The second-order valence-electron chi connectivity index (χ2n) is 5.01. The number of unbranched alkanes of at least 4 members (excludes halogenated alkanes) is 9. The summed E-state index contributed by atoms with van der Waals surface area (Å²) in [6.07, 6.45) is 15.8. The Hall–Kier alpha value is -0.220. The first-order valence-corrected chi connectivity index (χ1v) is 9.06. The average Bonchev–Trinajstić information content (AvgIpc) is 2.85. The van der Waals surface area contributed by atoms with Crippen LogP contribution in [0, 0.1) is 5.80 Å². The van der Waals surface area contributed by atoms with Crippen LogP contribution >= 0.6 is 7.53 Å². The van der Waals surface area contributed by atoms with Gasteiger partial charge in [-0.1, -0.05) is 70.8 Å². The Morgan fingerprint density at radius 1 is 0.824 bits per heavy atom. The minimum atomic E-state index is 0.0342. The molecule has 0 spiro atoms. The molecule has 0 aromatic carbocycles. The fourth-order valence-corrected chi connectivity index (χ4v) is 3.74. The summed E-state index contributed by atoms with van der Waals surface area (Å²) in [5, 5.41) is 0. The first-order valence-electron chi connectivity index (χ1n) is 7.46. The summed E-state index contributed by atoms with van der Waals surface area (Å²) in [4.78, 5) is 0. The fraction of sp³-hybridized carbons (Fsp3) is 0.750. The van der Waals surface area contributed by atoms with Crippen molar-refractivity contribution in [1.82, 2.24) is 0 Å². The Balaban J connectivity index is 1.76. The van der Waals surface area contributed by atoms with Crippen molar-refractivity contribution in [3.05, 3.63) is 23.7 Å². The van der Waals surface area contributed by atoms with E-state index in [1.54, 1.807) is 0 Å². The second kappa shape index (κ2) is 10.9. The van der Waals surface area contributed by atoms with Crippen molar-refractivity contribution in [2.45, 2.75) is 77.3 Å². The maximum absolute atomic E-state index is 3.42. The van der Waals surface area contributed by atoms with Gasteiger partial charge >= 0.3 is 0 Å². The number of rotatable bonds is 11. The predicted octanol–water partition coefficient (Wildman–Crippen LogP) is 6.39. The highest BCUT2D eigenvalue weighted by molar-refractivity contribution is 7.47. The van der Waals surface area contributed by atoms with E-state index in [4.69, 9.17) is 0 Å². The first kappa shape index (κ1) is 14.8. The molecule has 97 valence electrons. The lowest BCUT2D eigenvalue weighted by Crippen LogP contribution is -1.81. The Morgan fingerprint density at radius 3 is 1.94 bits per heavy atom. The SMILES string of the molecule is CCCCCCCCCCCCp1[c]ccc1. The average molecular weight is 251 g/mol. The van der Waals surface area contributed by atoms with Gasteiger partial charge in [0.2, 0.25) is 0 Å². The third-order valence-corrected chi connectivity index (χ3v) is 5.17. The van der Waals surface area contributed by atoms with Gasteiger partial charge in [0.25, 0.3) is 0 Å². The standard InChI is InChI=1S/C16H28P/c1-2-3-4-5-6-7-8-9-10-11-14-17-15-12-13-16-17/h12-13,15H,2-11,14H2,1H3. The summed E-state index contributed by atoms with van der Waals surface area (Å²) >= 11 is 0. The fourth-order valence-electron chi connectivity index (χ4n) is 2.24. The highest BCUT2D eigenvalue weighted by Crippen LogP contribution is 2.29. The molecule has 17 heavy (non-hydrogen) atoms. The molecule has 0 fully saturated rings. The molecule has 0 saturated heterocycles. The van der Waals surface area contributed by atoms with Crippen molar-refractivity contribution >= 4 is 7.53 Å². The van der Waals surface area contributed by atoms with Crippen molar-refractivity contribution in [3.63, 3.8) is 0 Å². The maximum Gasteiger partial charge on any atom is 0.00512 e. The van der Waals surface area contributed by atoms with Crippen LogP contribution in [0.15, 0.2) is 17.9 Å². The molecule has 1 aromatic rings. The lowest BCUT2D eigenvalue weighted by atomic mass is 10.1. The van der Waals surface area contributed by atoms with E-state index < -0.39 is 0 Å². The molecule has 0 aliphatic heterocycles. The van der Waals surface area contributed by atoms with Crippen molar-refractivity contribution < 1.29 is 0 Å². The molecule has 1 aromatic heterocycles. The zero-order valence-corrected chi connectivity index (χ0v) is 12.4. The molecule has 1 atom stereocenters. The van der Waals surface area contributed by atoms with Gasteiger partial charge in [-0.3, -0.25) is 0 Å². The van der Waals surface area contributed by atoms with E-state index in [1.807, 2.05) is 0 Å². The van der Waals surface area contributed by atoms with Gasteiger partial charge in [-0.25, -0.2) is 0 Å².